The fraction of sp³-hybridized carbons (Fsp3) is 0.318. The number of rotatable bonds is 5. The average molecular weight is 393 g/mol. The Morgan fingerprint density at radius 2 is 1.90 bits per heavy atom. The molecule has 4 rings (SSSR count). The second-order valence-electron chi connectivity index (χ2n) is 7.54. The van der Waals surface area contributed by atoms with Crippen LogP contribution in [0.25, 0.3) is 11.1 Å². The molecule has 2 aliphatic rings. The molecule has 0 aromatic heterocycles. The molecule has 2 aromatic rings. The van der Waals surface area contributed by atoms with Crippen LogP contribution < -0.4 is 21.4 Å². The van der Waals surface area contributed by atoms with Gasteiger partial charge in [-0.25, -0.2) is 4.79 Å². The maximum Gasteiger partial charge on any atom is 0.414 e. The first-order valence-electron chi connectivity index (χ1n) is 9.69. The van der Waals surface area contributed by atoms with Gasteiger partial charge in [0.1, 0.15) is 6.10 Å². The van der Waals surface area contributed by atoms with Gasteiger partial charge in [0.25, 0.3) is 0 Å². The summed E-state index contributed by atoms with van der Waals surface area (Å²) < 4.78 is 5.30. The highest BCUT2D eigenvalue weighted by molar-refractivity contribution is 5.90. The molecule has 7 heteroatoms. The van der Waals surface area contributed by atoms with Crippen LogP contribution in [-0.2, 0) is 9.53 Å². The normalized spacial score (nSPS) is 18.4. The zero-order valence-corrected chi connectivity index (χ0v) is 16.2. The second-order valence-corrected chi connectivity index (χ2v) is 7.54. The average Bonchev–Trinajstić information content (AvgIpc) is 3.48. The molecule has 1 aliphatic heterocycles. The van der Waals surface area contributed by atoms with Crippen molar-refractivity contribution in [1.29, 1.82) is 0 Å². The number of amides is 2. The quantitative estimate of drug-likeness (QED) is 0.813. The van der Waals surface area contributed by atoms with E-state index < -0.39 is 6.09 Å². The van der Waals surface area contributed by atoms with Gasteiger partial charge in [0.15, 0.2) is 5.43 Å². The molecule has 150 valence electrons. The maximum absolute atomic E-state index is 12.3. The summed E-state index contributed by atoms with van der Waals surface area (Å²) in [5, 5.41) is 2.66. The molecule has 29 heavy (non-hydrogen) atoms. The molecule has 1 aliphatic carbocycles. The van der Waals surface area contributed by atoms with Crippen LogP contribution in [0.15, 0.2) is 47.3 Å². The minimum absolute atomic E-state index is 0.0205. The second kappa shape index (κ2) is 7.58. The molecular weight excluding hydrogens is 370 g/mol. The minimum Gasteiger partial charge on any atom is -0.442 e. The minimum atomic E-state index is -0.441. The number of carbonyl (C=O) groups excluding carboxylic acids is 2. The molecule has 0 radical (unpaired) electrons. The Morgan fingerprint density at radius 1 is 1.17 bits per heavy atom. The van der Waals surface area contributed by atoms with Gasteiger partial charge in [0.05, 0.1) is 13.1 Å². The highest BCUT2D eigenvalue weighted by atomic mass is 16.6. The summed E-state index contributed by atoms with van der Waals surface area (Å²) >= 11 is 0. The van der Waals surface area contributed by atoms with E-state index in [1.165, 1.54) is 11.8 Å². The molecule has 1 heterocycles. The lowest BCUT2D eigenvalue weighted by atomic mass is 10.0. The fourth-order valence-corrected chi connectivity index (χ4v) is 3.56. The zero-order valence-electron chi connectivity index (χ0n) is 16.2. The van der Waals surface area contributed by atoms with Gasteiger partial charge in [-0.1, -0.05) is 12.1 Å². The number of hydrogen-bond acceptors (Lipinski definition) is 5. The van der Waals surface area contributed by atoms with Crippen LogP contribution in [0.1, 0.15) is 31.2 Å². The van der Waals surface area contributed by atoms with Crippen molar-refractivity contribution in [3.8, 4) is 11.1 Å². The van der Waals surface area contributed by atoms with Crippen molar-refractivity contribution >= 4 is 23.4 Å². The molecule has 1 saturated heterocycles. The molecule has 1 unspecified atom stereocenters. The Hall–Kier alpha value is -3.35. The van der Waals surface area contributed by atoms with Crippen LogP contribution in [-0.4, -0.2) is 31.2 Å². The topological polar surface area (TPSA) is 102 Å². The van der Waals surface area contributed by atoms with Crippen LogP contribution in [0.5, 0.6) is 0 Å². The number of cyclic esters (lactones) is 1. The molecule has 7 nitrogen and oxygen atoms in total. The monoisotopic (exact) mass is 393 g/mol. The number of carbonyl (C=O) groups is 2. The zero-order chi connectivity index (χ0) is 20.5. The SMILES string of the molecule is CC(=O)NCC1CN(c2ccc(-c3ccc(=O)c(C4CC4)cc3N)cc2)C(=O)O1. The number of nitrogens with two attached hydrogens (primary N) is 1. The molecule has 0 spiro atoms. The summed E-state index contributed by atoms with van der Waals surface area (Å²) in [6.45, 7) is 2.07. The third kappa shape index (κ3) is 4.08. The van der Waals surface area contributed by atoms with E-state index in [2.05, 4.69) is 5.32 Å². The Morgan fingerprint density at radius 3 is 2.55 bits per heavy atom. The van der Waals surface area contributed by atoms with Gasteiger partial charge >= 0.3 is 6.09 Å². The van der Waals surface area contributed by atoms with E-state index in [1.807, 2.05) is 24.3 Å². The van der Waals surface area contributed by atoms with E-state index in [9.17, 15) is 14.4 Å². The van der Waals surface area contributed by atoms with Gasteiger partial charge in [-0.2, -0.15) is 0 Å². The van der Waals surface area contributed by atoms with Gasteiger partial charge in [-0.3, -0.25) is 14.5 Å². The number of nitrogens with zero attached hydrogens (tertiary/aromatic N) is 1. The summed E-state index contributed by atoms with van der Waals surface area (Å²) in [7, 11) is 0. The third-order valence-corrected chi connectivity index (χ3v) is 5.27. The highest BCUT2D eigenvalue weighted by Gasteiger charge is 2.32. The summed E-state index contributed by atoms with van der Waals surface area (Å²) in [6, 6.07) is 12.5. The molecule has 2 amide bonds. The van der Waals surface area contributed by atoms with Crippen molar-refractivity contribution in [2.24, 2.45) is 0 Å². The van der Waals surface area contributed by atoms with Crippen LogP contribution in [0.4, 0.5) is 16.2 Å². The van der Waals surface area contributed by atoms with Crippen LogP contribution in [0, 0.1) is 0 Å². The summed E-state index contributed by atoms with van der Waals surface area (Å²) in [5.41, 5.74) is 10.00. The van der Waals surface area contributed by atoms with Crippen molar-refractivity contribution in [1.82, 2.24) is 5.32 Å². The van der Waals surface area contributed by atoms with Crippen molar-refractivity contribution < 1.29 is 14.3 Å². The number of nitrogen functional groups attached to an aromatic ring is 1. The Balaban J connectivity index is 1.54. The van der Waals surface area contributed by atoms with E-state index in [0.717, 1.165) is 29.5 Å². The number of ether oxygens (including phenoxy) is 1. The molecule has 2 aromatic carbocycles. The van der Waals surface area contributed by atoms with Crippen LogP contribution in [0.3, 0.4) is 0 Å². The Kier molecular flexibility index (Phi) is 4.96. The van der Waals surface area contributed by atoms with E-state index in [4.69, 9.17) is 10.5 Å². The first-order valence-corrected chi connectivity index (χ1v) is 9.69. The molecule has 0 bridgehead atoms. The molecule has 1 saturated carbocycles. The fourth-order valence-electron chi connectivity index (χ4n) is 3.56. The highest BCUT2D eigenvalue weighted by Crippen LogP contribution is 2.39. The summed E-state index contributed by atoms with van der Waals surface area (Å²) in [6.07, 6.45) is 1.25. The lowest BCUT2D eigenvalue weighted by molar-refractivity contribution is -0.119. The first kappa shape index (κ1) is 19.0. The van der Waals surface area contributed by atoms with Crippen molar-refractivity contribution in [3.63, 3.8) is 0 Å². The van der Waals surface area contributed by atoms with Crippen molar-refractivity contribution in [3.05, 3.63) is 58.3 Å². The molecule has 1 atom stereocenters. The third-order valence-electron chi connectivity index (χ3n) is 5.27. The maximum atomic E-state index is 12.3. The van der Waals surface area contributed by atoms with E-state index in [0.29, 0.717) is 23.8 Å². The van der Waals surface area contributed by atoms with E-state index in [-0.39, 0.29) is 24.0 Å². The number of anilines is 2. The lowest BCUT2D eigenvalue weighted by Crippen LogP contribution is -2.33. The van der Waals surface area contributed by atoms with Crippen LogP contribution in [0.2, 0.25) is 0 Å². The molecule has 2 fully saturated rings. The number of benzene rings is 1. The van der Waals surface area contributed by atoms with Gasteiger partial charge in [-0.05, 0) is 54.7 Å². The Labute approximate surface area is 168 Å². The lowest BCUT2D eigenvalue weighted by Gasteiger charge is -2.14. The smallest absolute Gasteiger partial charge is 0.414 e. The largest absolute Gasteiger partial charge is 0.442 e. The standard InChI is InChI=1S/C22H23N3O4/c1-13(26)24-11-17-12-25(22(28)29-17)16-6-4-14(5-7-16)18-8-9-21(27)19(10-20(18)23)15-2-3-15/h4-10,15,17H,2-3,11-12,23H2,1H3,(H,24,26). The van der Waals surface area contributed by atoms with E-state index >= 15 is 0 Å². The predicted molar refractivity (Wildman–Crippen MR) is 111 cm³/mol. The van der Waals surface area contributed by atoms with Gasteiger partial charge in [0, 0.05) is 29.4 Å². The Bertz CT molecular complexity index is 1020. The van der Waals surface area contributed by atoms with Crippen molar-refractivity contribution in [2.75, 3.05) is 23.7 Å². The molecular formula is C22H23N3O4. The number of nitrogens with one attached hydrogen (secondary N) is 1. The van der Waals surface area contributed by atoms with Gasteiger partial charge < -0.3 is 15.8 Å². The van der Waals surface area contributed by atoms with Crippen LogP contribution >= 0.6 is 0 Å². The summed E-state index contributed by atoms with van der Waals surface area (Å²) in [4.78, 5) is 37.0. The first-order chi connectivity index (χ1) is 13.9. The van der Waals surface area contributed by atoms with Gasteiger partial charge in [0.2, 0.25) is 5.91 Å². The van der Waals surface area contributed by atoms with Crippen molar-refractivity contribution in [2.45, 2.75) is 31.8 Å². The van der Waals surface area contributed by atoms with E-state index in [1.54, 1.807) is 18.2 Å². The van der Waals surface area contributed by atoms with Gasteiger partial charge in [-0.15, -0.1) is 0 Å². The predicted octanol–water partition coefficient (Wildman–Crippen LogP) is 2.63. The molecule has 3 N–H and O–H groups in total. The summed E-state index contributed by atoms with van der Waals surface area (Å²) in [5.74, 6) is 0.169. The number of hydrogen-bond donors (Lipinski definition) is 2.